The van der Waals surface area contributed by atoms with E-state index in [-0.39, 0.29) is 17.9 Å². The van der Waals surface area contributed by atoms with Gasteiger partial charge >= 0.3 is 0 Å². The number of aliphatic hydroxyl groups excluding tert-OH is 1. The van der Waals surface area contributed by atoms with Crippen molar-refractivity contribution in [2.24, 2.45) is 5.41 Å². The number of carbonyl (C=O) groups excluding carboxylic acids is 1. The third-order valence-corrected chi connectivity index (χ3v) is 4.31. The Morgan fingerprint density at radius 3 is 2.73 bits per heavy atom. The number of amides is 1. The second-order valence-electron chi connectivity index (χ2n) is 7.00. The lowest BCUT2D eigenvalue weighted by Gasteiger charge is -2.24. The van der Waals surface area contributed by atoms with Crippen LogP contribution in [-0.4, -0.2) is 42.2 Å². The van der Waals surface area contributed by atoms with E-state index in [1.807, 2.05) is 32.0 Å². The van der Waals surface area contributed by atoms with Gasteiger partial charge in [-0.25, -0.2) is 0 Å². The van der Waals surface area contributed by atoms with Gasteiger partial charge in [-0.2, -0.15) is 0 Å². The van der Waals surface area contributed by atoms with Crippen molar-refractivity contribution in [3.8, 4) is 0 Å². The standard InChI is InChI=1S/C18H28N2O2/c1-18(2,8-11-21)14-19-17(22)16-7-5-6-15(12-16)13-20-9-3-4-10-20/h5-7,12,21H,3-4,8-11,13-14H2,1-2H3,(H,19,22). The van der Waals surface area contributed by atoms with Crippen molar-refractivity contribution in [2.75, 3.05) is 26.2 Å². The SMILES string of the molecule is CC(C)(CCO)CNC(=O)c1cccc(CN2CCCC2)c1. The van der Waals surface area contributed by atoms with Crippen LogP contribution in [0.3, 0.4) is 0 Å². The van der Waals surface area contributed by atoms with E-state index in [1.54, 1.807) is 0 Å². The van der Waals surface area contributed by atoms with Crippen LogP contribution in [0.1, 0.15) is 49.0 Å². The summed E-state index contributed by atoms with van der Waals surface area (Å²) in [6.45, 7) is 8.06. The highest BCUT2D eigenvalue weighted by Gasteiger charge is 2.19. The fraction of sp³-hybridized carbons (Fsp3) is 0.611. The molecule has 0 radical (unpaired) electrons. The van der Waals surface area contributed by atoms with Gasteiger partial charge in [0.1, 0.15) is 0 Å². The Bertz CT molecular complexity index is 494. The summed E-state index contributed by atoms with van der Waals surface area (Å²) in [5.41, 5.74) is 1.83. The lowest BCUT2D eigenvalue weighted by Crippen LogP contribution is -2.34. The molecular formula is C18H28N2O2. The van der Waals surface area contributed by atoms with E-state index >= 15 is 0 Å². The number of likely N-dealkylation sites (tertiary alicyclic amines) is 1. The third kappa shape index (κ3) is 5.11. The Morgan fingerprint density at radius 2 is 2.05 bits per heavy atom. The van der Waals surface area contributed by atoms with Crippen LogP contribution in [0.4, 0.5) is 0 Å². The monoisotopic (exact) mass is 304 g/mol. The number of hydrogen-bond acceptors (Lipinski definition) is 3. The summed E-state index contributed by atoms with van der Waals surface area (Å²) in [5, 5.41) is 12.0. The minimum Gasteiger partial charge on any atom is -0.396 e. The van der Waals surface area contributed by atoms with Gasteiger partial charge in [0.05, 0.1) is 0 Å². The van der Waals surface area contributed by atoms with E-state index in [4.69, 9.17) is 5.11 Å². The summed E-state index contributed by atoms with van der Waals surface area (Å²) in [5.74, 6) is -0.0331. The fourth-order valence-corrected chi connectivity index (χ4v) is 2.82. The number of benzene rings is 1. The van der Waals surface area contributed by atoms with Crippen LogP contribution in [0.5, 0.6) is 0 Å². The van der Waals surface area contributed by atoms with E-state index < -0.39 is 0 Å². The molecule has 122 valence electrons. The molecule has 4 nitrogen and oxygen atoms in total. The smallest absolute Gasteiger partial charge is 0.251 e. The average molecular weight is 304 g/mol. The minimum atomic E-state index is -0.0857. The van der Waals surface area contributed by atoms with Gasteiger partial charge in [0.2, 0.25) is 0 Å². The first-order valence-electron chi connectivity index (χ1n) is 8.20. The van der Waals surface area contributed by atoms with Gasteiger partial charge in [0.25, 0.3) is 5.91 Å². The summed E-state index contributed by atoms with van der Waals surface area (Å²) < 4.78 is 0. The average Bonchev–Trinajstić information content (AvgIpc) is 2.98. The second-order valence-corrected chi connectivity index (χ2v) is 7.00. The van der Waals surface area contributed by atoms with Crippen LogP contribution in [0.15, 0.2) is 24.3 Å². The normalized spacial score (nSPS) is 16.0. The quantitative estimate of drug-likeness (QED) is 0.813. The van der Waals surface area contributed by atoms with Crippen LogP contribution in [0.25, 0.3) is 0 Å². The summed E-state index contributed by atoms with van der Waals surface area (Å²) >= 11 is 0. The molecule has 0 saturated carbocycles. The molecule has 1 aromatic rings. The molecule has 0 aromatic heterocycles. The summed E-state index contributed by atoms with van der Waals surface area (Å²) in [7, 11) is 0. The molecule has 4 heteroatoms. The van der Waals surface area contributed by atoms with E-state index in [0.717, 1.165) is 25.2 Å². The molecule has 2 rings (SSSR count). The first-order valence-corrected chi connectivity index (χ1v) is 8.20. The molecule has 1 aliphatic heterocycles. The third-order valence-electron chi connectivity index (χ3n) is 4.31. The van der Waals surface area contributed by atoms with E-state index in [2.05, 4.69) is 16.3 Å². The topological polar surface area (TPSA) is 52.6 Å². The number of carbonyl (C=O) groups is 1. The van der Waals surface area contributed by atoms with Crippen molar-refractivity contribution in [3.63, 3.8) is 0 Å². The number of rotatable bonds is 7. The van der Waals surface area contributed by atoms with Crippen molar-refractivity contribution >= 4 is 5.91 Å². The molecule has 0 atom stereocenters. The van der Waals surface area contributed by atoms with Gasteiger partial charge in [-0.1, -0.05) is 26.0 Å². The highest BCUT2D eigenvalue weighted by Crippen LogP contribution is 2.18. The molecule has 2 N–H and O–H groups in total. The molecular weight excluding hydrogens is 276 g/mol. The van der Waals surface area contributed by atoms with Gasteiger partial charge in [0, 0.05) is 25.3 Å². The first kappa shape index (κ1) is 17.0. The van der Waals surface area contributed by atoms with Gasteiger partial charge < -0.3 is 10.4 Å². The van der Waals surface area contributed by atoms with Crippen LogP contribution in [0.2, 0.25) is 0 Å². The Balaban J connectivity index is 1.92. The van der Waals surface area contributed by atoms with Gasteiger partial charge in [-0.15, -0.1) is 0 Å². The van der Waals surface area contributed by atoms with Gasteiger partial charge in [-0.3, -0.25) is 9.69 Å². The maximum absolute atomic E-state index is 12.3. The number of hydrogen-bond donors (Lipinski definition) is 2. The zero-order valence-electron chi connectivity index (χ0n) is 13.8. The molecule has 0 spiro atoms. The molecule has 0 aliphatic carbocycles. The molecule has 0 unspecified atom stereocenters. The van der Waals surface area contributed by atoms with Crippen molar-refractivity contribution in [1.82, 2.24) is 10.2 Å². The Kier molecular flexibility index (Phi) is 5.98. The molecule has 1 aliphatic rings. The van der Waals surface area contributed by atoms with Gasteiger partial charge in [-0.05, 0) is 55.5 Å². The highest BCUT2D eigenvalue weighted by molar-refractivity contribution is 5.94. The maximum Gasteiger partial charge on any atom is 0.251 e. The zero-order valence-corrected chi connectivity index (χ0v) is 13.8. The summed E-state index contributed by atoms with van der Waals surface area (Å²) in [6.07, 6.45) is 3.24. The molecule has 1 saturated heterocycles. The number of nitrogens with one attached hydrogen (secondary N) is 1. The van der Waals surface area contributed by atoms with Gasteiger partial charge in [0.15, 0.2) is 0 Å². The molecule has 0 bridgehead atoms. The molecule has 1 heterocycles. The fourth-order valence-electron chi connectivity index (χ4n) is 2.82. The largest absolute Gasteiger partial charge is 0.396 e. The van der Waals surface area contributed by atoms with Crippen LogP contribution >= 0.6 is 0 Å². The van der Waals surface area contributed by atoms with Crippen molar-refractivity contribution in [1.29, 1.82) is 0 Å². The lowest BCUT2D eigenvalue weighted by molar-refractivity contribution is 0.0928. The Hall–Kier alpha value is -1.39. The van der Waals surface area contributed by atoms with E-state index in [1.165, 1.54) is 18.4 Å². The lowest BCUT2D eigenvalue weighted by atomic mass is 9.89. The summed E-state index contributed by atoms with van der Waals surface area (Å²) in [4.78, 5) is 14.7. The van der Waals surface area contributed by atoms with Crippen LogP contribution in [-0.2, 0) is 6.54 Å². The van der Waals surface area contributed by atoms with E-state index in [0.29, 0.717) is 13.0 Å². The maximum atomic E-state index is 12.3. The predicted molar refractivity (Wildman–Crippen MR) is 88.8 cm³/mol. The zero-order chi connectivity index (χ0) is 16.0. The van der Waals surface area contributed by atoms with E-state index in [9.17, 15) is 4.79 Å². The van der Waals surface area contributed by atoms with Crippen LogP contribution < -0.4 is 5.32 Å². The first-order chi connectivity index (χ1) is 10.5. The minimum absolute atomic E-state index is 0.0331. The van der Waals surface area contributed by atoms with Crippen molar-refractivity contribution in [2.45, 2.75) is 39.7 Å². The Labute approximate surface area is 133 Å². The number of nitrogens with zero attached hydrogens (tertiary/aromatic N) is 1. The second kappa shape index (κ2) is 7.75. The number of aliphatic hydroxyl groups is 1. The van der Waals surface area contributed by atoms with Crippen LogP contribution in [0, 0.1) is 5.41 Å². The molecule has 1 aromatic carbocycles. The predicted octanol–water partition coefficient (Wildman–Crippen LogP) is 2.42. The highest BCUT2D eigenvalue weighted by atomic mass is 16.3. The molecule has 1 amide bonds. The summed E-state index contributed by atoms with van der Waals surface area (Å²) in [6, 6.07) is 7.90. The molecule has 22 heavy (non-hydrogen) atoms. The van der Waals surface area contributed by atoms with Crippen molar-refractivity contribution < 1.29 is 9.90 Å². The molecule has 1 fully saturated rings. The Morgan fingerprint density at radius 1 is 1.32 bits per heavy atom. The van der Waals surface area contributed by atoms with Crippen molar-refractivity contribution in [3.05, 3.63) is 35.4 Å².